The highest BCUT2D eigenvalue weighted by Crippen LogP contribution is 2.31. The highest BCUT2D eigenvalue weighted by atomic mass is 35.5. The minimum absolute atomic E-state index is 0.0454. The highest BCUT2D eigenvalue weighted by Gasteiger charge is 2.23. The van der Waals surface area contributed by atoms with Crippen LogP contribution in [0.3, 0.4) is 0 Å². The van der Waals surface area contributed by atoms with Crippen LogP contribution in [0.1, 0.15) is 26.5 Å². The molecule has 1 heterocycles. The lowest BCUT2D eigenvalue weighted by atomic mass is 10.1. The molecule has 0 aliphatic heterocycles. The molecular weight excluding hydrogens is 433 g/mol. The number of benzene rings is 2. The molecule has 3 rings (SSSR count). The van der Waals surface area contributed by atoms with Crippen molar-refractivity contribution >= 4 is 46.7 Å². The van der Waals surface area contributed by atoms with Gasteiger partial charge in [0.2, 0.25) is 0 Å². The van der Waals surface area contributed by atoms with Crippen molar-refractivity contribution in [1.29, 1.82) is 0 Å². The molecule has 10 heteroatoms. The van der Waals surface area contributed by atoms with Crippen LogP contribution in [0.5, 0.6) is 0 Å². The number of hydrogen-bond acceptors (Lipinski definition) is 5. The fourth-order valence-electron chi connectivity index (χ4n) is 2.70. The summed E-state index contributed by atoms with van der Waals surface area (Å²) in [6.07, 6.45) is 0. The zero-order chi connectivity index (χ0) is 21.8. The Labute approximate surface area is 180 Å². The summed E-state index contributed by atoms with van der Waals surface area (Å²) >= 11 is 12.3. The van der Waals surface area contributed by atoms with Crippen LogP contribution >= 0.6 is 23.2 Å². The molecule has 1 aromatic heterocycles. The summed E-state index contributed by atoms with van der Waals surface area (Å²) in [5.74, 6) is -2.01. The summed E-state index contributed by atoms with van der Waals surface area (Å²) in [6.45, 7) is 1.07. The van der Waals surface area contributed by atoms with Gasteiger partial charge in [-0.15, -0.1) is 0 Å². The average Bonchev–Trinajstić information content (AvgIpc) is 3.08. The van der Waals surface area contributed by atoms with Crippen LogP contribution in [-0.4, -0.2) is 34.6 Å². The lowest BCUT2D eigenvalue weighted by Crippen LogP contribution is -2.29. The number of carboxylic acids is 1. The summed E-state index contributed by atoms with van der Waals surface area (Å²) in [4.78, 5) is 35.4. The zero-order valence-corrected chi connectivity index (χ0v) is 17.0. The van der Waals surface area contributed by atoms with Crippen molar-refractivity contribution in [3.05, 3.63) is 69.4 Å². The van der Waals surface area contributed by atoms with E-state index in [4.69, 9.17) is 32.8 Å². The van der Waals surface area contributed by atoms with Gasteiger partial charge in [0, 0.05) is 11.3 Å². The predicted molar refractivity (Wildman–Crippen MR) is 111 cm³/mol. The van der Waals surface area contributed by atoms with Crippen molar-refractivity contribution in [2.45, 2.75) is 6.92 Å². The molecule has 0 bridgehead atoms. The van der Waals surface area contributed by atoms with E-state index >= 15 is 0 Å². The molecule has 0 atom stereocenters. The molecule has 3 N–H and O–H groups in total. The number of aliphatic carboxylic acids is 1. The number of nitrogens with one attached hydrogen (secondary N) is 2. The molecular formula is C20H15Cl2N3O5. The van der Waals surface area contributed by atoms with E-state index in [0.717, 1.165) is 0 Å². The van der Waals surface area contributed by atoms with Crippen LogP contribution in [0, 0.1) is 6.92 Å². The van der Waals surface area contributed by atoms with Gasteiger partial charge in [-0.1, -0.05) is 46.6 Å². The van der Waals surface area contributed by atoms with Gasteiger partial charge in [0.25, 0.3) is 11.8 Å². The van der Waals surface area contributed by atoms with Gasteiger partial charge in [0.1, 0.15) is 23.6 Å². The number of aromatic nitrogens is 1. The van der Waals surface area contributed by atoms with Crippen molar-refractivity contribution in [3.63, 3.8) is 0 Å². The number of carbonyl (C=O) groups is 3. The molecule has 0 fully saturated rings. The van der Waals surface area contributed by atoms with Gasteiger partial charge >= 0.3 is 5.97 Å². The monoisotopic (exact) mass is 447 g/mol. The molecule has 0 unspecified atom stereocenters. The first-order valence-electron chi connectivity index (χ1n) is 8.60. The normalized spacial score (nSPS) is 10.5. The Bertz CT molecular complexity index is 1140. The minimum atomic E-state index is -1.18. The summed E-state index contributed by atoms with van der Waals surface area (Å²) in [7, 11) is 0. The van der Waals surface area contributed by atoms with Crippen LogP contribution in [0.15, 0.2) is 47.0 Å². The number of anilines is 1. The van der Waals surface area contributed by atoms with Crippen LogP contribution < -0.4 is 10.6 Å². The molecule has 0 saturated heterocycles. The first-order chi connectivity index (χ1) is 14.3. The minimum Gasteiger partial charge on any atom is -0.480 e. The van der Waals surface area contributed by atoms with Crippen LogP contribution in [0.4, 0.5) is 5.69 Å². The van der Waals surface area contributed by atoms with Crippen LogP contribution in [0.2, 0.25) is 10.0 Å². The number of amides is 2. The smallest absolute Gasteiger partial charge is 0.322 e. The molecule has 2 amide bonds. The maximum absolute atomic E-state index is 12.9. The van der Waals surface area contributed by atoms with Gasteiger partial charge in [-0.05, 0) is 31.2 Å². The third-order valence-electron chi connectivity index (χ3n) is 4.09. The van der Waals surface area contributed by atoms with E-state index < -0.39 is 24.3 Å². The molecule has 0 aliphatic rings. The van der Waals surface area contributed by atoms with E-state index in [1.807, 2.05) is 0 Å². The van der Waals surface area contributed by atoms with Gasteiger partial charge in [0.05, 0.1) is 15.6 Å². The average molecular weight is 448 g/mol. The molecule has 0 radical (unpaired) electrons. The number of carboxylic acid groups (broad SMARTS) is 1. The van der Waals surface area contributed by atoms with Gasteiger partial charge in [-0.2, -0.15) is 0 Å². The first kappa shape index (κ1) is 21.4. The van der Waals surface area contributed by atoms with Gasteiger partial charge < -0.3 is 20.3 Å². The van der Waals surface area contributed by atoms with E-state index in [1.165, 1.54) is 18.2 Å². The summed E-state index contributed by atoms with van der Waals surface area (Å²) in [5.41, 5.74) is 1.46. The number of halogens is 2. The molecule has 0 saturated carbocycles. The van der Waals surface area contributed by atoms with E-state index in [9.17, 15) is 14.4 Å². The number of aryl methyl sites for hydroxylation is 1. The fraction of sp³-hybridized carbons (Fsp3) is 0.100. The maximum atomic E-state index is 12.9. The topological polar surface area (TPSA) is 122 Å². The zero-order valence-electron chi connectivity index (χ0n) is 15.5. The van der Waals surface area contributed by atoms with E-state index in [1.54, 1.807) is 31.2 Å². The Morgan fingerprint density at radius 1 is 1.07 bits per heavy atom. The van der Waals surface area contributed by atoms with Crippen molar-refractivity contribution in [1.82, 2.24) is 10.5 Å². The van der Waals surface area contributed by atoms with Gasteiger partial charge in [-0.25, -0.2) is 0 Å². The third-order valence-corrected chi connectivity index (χ3v) is 4.73. The van der Waals surface area contributed by atoms with Gasteiger partial charge in [-0.3, -0.25) is 14.4 Å². The lowest BCUT2D eigenvalue weighted by Gasteiger charge is -2.09. The predicted octanol–water partition coefficient (Wildman–Crippen LogP) is 4.02. The molecule has 8 nitrogen and oxygen atoms in total. The van der Waals surface area contributed by atoms with Crippen molar-refractivity contribution in [2.24, 2.45) is 0 Å². The van der Waals surface area contributed by atoms with Crippen LogP contribution in [-0.2, 0) is 4.79 Å². The largest absolute Gasteiger partial charge is 0.480 e. The van der Waals surface area contributed by atoms with Crippen molar-refractivity contribution in [3.8, 4) is 11.3 Å². The standard InChI is InChI=1S/C20H15Cl2N3O5/c1-10-17(18(25-30-10)12-4-2-3-5-14(12)21)20(29)24-11-6-7-13(15(22)8-11)19(28)23-9-16(26)27/h2-8H,9H2,1H3,(H,23,28)(H,24,29)(H,26,27). The molecule has 0 aliphatic carbocycles. The molecule has 154 valence electrons. The first-order valence-corrected chi connectivity index (χ1v) is 9.35. The second-order valence-corrected chi connectivity index (χ2v) is 6.98. The van der Waals surface area contributed by atoms with E-state index in [-0.39, 0.29) is 16.1 Å². The maximum Gasteiger partial charge on any atom is 0.322 e. The Balaban J connectivity index is 1.83. The molecule has 0 spiro atoms. The summed E-state index contributed by atoms with van der Waals surface area (Å²) in [6, 6.07) is 11.2. The summed E-state index contributed by atoms with van der Waals surface area (Å²) in [5, 5.41) is 18.0. The van der Waals surface area contributed by atoms with E-state index in [0.29, 0.717) is 27.7 Å². The molecule has 2 aromatic carbocycles. The Morgan fingerprint density at radius 3 is 2.47 bits per heavy atom. The molecule has 30 heavy (non-hydrogen) atoms. The fourth-order valence-corrected chi connectivity index (χ4v) is 3.19. The number of rotatable bonds is 6. The number of carbonyl (C=O) groups excluding carboxylic acids is 2. The van der Waals surface area contributed by atoms with Crippen LogP contribution in [0.25, 0.3) is 11.3 Å². The molecule has 3 aromatic rings. The van der Waals surface area contributed by atoms with E-state index in [2.05, 4.69) is 15.8 Å². The van der Waals surface area contributed by atoms with Gasteiger partial charge in [0.15, 0.2) is 0 Å². The Kier molecular flexibility index (Phi) is 6.39. The second kappa shape index (κ2) is 8.98. The number of hydrogen-bond donors (Lipinski definition) is 3. The SMILES string of the molecule is Cc1onc(-c2ccccc2Cl)c1C(=O)Nc1ccc(C(=O)NCC(=O)O)c(Cl)c1. The quantitative estimate of drug-likeness (QED) is 0.524. The number of nitrogens with zero attached hydrogens (tertiary/aromatic N) is 1. The Hall–Kier alpha value is -3.36. The lowest BCUT2D eigenvalue weighted by molar-refractivity contribution is -0.135. The van der Waals surface area contributed by atoms with Crippen molar-refractivity contribution in [2.75, 3.05) is 11.9 Å². The highest BCUT2D eigenvalue weighted by molar-refractivity contribution is 6.34. The third kappa shape index (κ3) is 4.61. The summed E-state index contributed by atoms with van der Waals surface area (Å²) < 4.78 is 5.19. The Morgan fingerprint density at radius 2 is 1.80 bits per heavy atom. The second-order valence-electron chi connectivity index (χ2n) is 6.17. The van der Waals surface area contributed by atoms with Crippen molar-refractivity contribution < 1.29 is 24.0 Å².